The first-order valence-electron chi connectivity index (χ1n) is 13.6. The summed E-state index contributed by atoms with van der Waals surface area (Å²) in [6.45, 7) is 5.25. The van der Waals surface area contributed by atoms with Gasteiger partial charge in [0.05, 0.1) is 6.26 Å². The molecule has 2 aliphatic heterocycles. The van der Waals surface area contributed by atoms with Crippen LogP contribution in [0.25, 0.3) is 0 Å². The molecule has 0 saturated carbocycles. The van der Waals surface area contributed by atoms with Crippen LogP contribution in [0.3, 0.4) is 0 Å². The van der Waals surface area contributed by atoms with Crippen LogP contribution >= 0.6 is 0 Å². The number of nitrogens with zero attached hydrogens (tertiary/aromatic N) is 5. The number of likely N-dealkylation sites (tertiary alicyclic amines) is 2. The van der Waals surface area contributed by atoms with Crippen molar-refractivity contribution in [3.63, 3.8) is 0 Å². The largest absolute Gasteiger partial charge is 0.337 e. The third kappa shape index (κ3) is 5.59. The molecule has 2 fully saturated rings. The van der Waals surface area contributed by atoms with Gasteiger partial charge in [-0.05, 0) is 82.0 Å². The number of piperidine rings is 2. The van der Waals surface area contributed by atoms with Crippen LogP contribution in [0.2, 0.25) is 0 Å². The Morgan fingerprint density at radius 2 is 1.76 bits per heavy atom. The Labute approximate surface area is 221 Å². The summed E-state index contributed by atoms with van der Waals surface area (Å²) in [5.74, 6) is 0.600. The molecule has 8 nitrogen and oxygen atoms in total. The fourth-order valence-electron chi connectivity index (χ4n) is 6.35. The predicted octanol–water partition coefficient (Wildman–Crippen LogP) is 3.02. The second-order valence-corrected chi connectivity index (χ2v) is 13.0. The van der Waals surface area contributed by atoms with E-state index < -0.39 is 10.0 Å². The van der Waals surface area contributed by atoms with E-state index in [1.165, 1.54) is 21.7 Å². The molecule has 1 aromatic carbocycles. The lowest BCUT2D eigenvalue weighted by Crippen LogP contribution is -2.52. The van der Waals surface area contributed by atoms with E-state index in [1.807, 2.05) is 11.8 Å². The highest BCUT2D eigenvalue weighted by molar-refractivity contribution is 7.88. The van der Waals surface area contributed by atoms with Gasteiger partial charge in [-0.25, -0.2) is 22.7 Å². The topological polar surface area (TPSA) is 86.7 Å². The highest BCUT2D eigenvalue weighted by Gasteiger charge is 2.33. The molecular weight excluding hydrogens is 486 g/mol. The van der Waals surface area contributed by atoms with Gasteiger partial charge in [0.25, 0.3) is 5.91 Å². The number of benzene rings is 1. The van der Waals surface area contributed by atoms with Gasteiger partial charge < -0.3 is 9.80 Å². The summed E-state index contributed by atoms with van der Waals surface area (Å²) in [6, 6.07) is 9.18. The lowest BCUT2D eigenvalue weighted by molar-refractivity contribution is 0.0542. The van der Waals surface area contributed by atoms with Gasteiger partial charge in [0.1, 0.15) is 12.0 Å². The van der Waals surface area contributed by atoms with Crippen LogP contribution in [0.4, 0.5) is 0 Å². The molecule has 200 valence electrons. The number of sulfonamides is 1. The van der Waals surface area contributed by atoms with E-state index in [4.69, 9.17) is 0 Å². The van der Waals surface area contributed by atoms with Crippen molar-refractivity contribution >= 4 is 15.9 Å². The van der Waals surface area contributed by atoms with Crippen LogP contribution in [-0.2, 0) is 22.9 Å². The van der Waals surface area contributed by atoms with Crippen molar-refractivity contribution in [1.29, 1.82) is 0 Å². The van der Waals surface area contributed by atoms with E-state index in [-0.39, 0.29) is 11.9 Å². The predicted molar refractivity (Wildman–Crippen MR) is 144 cm³/mol. The second kappa shape index (κ2) is 10.8. The van der Waals surface area contributed by atoms with Crippen LogP contribution < -0.4 is 0 Å². The molecule has 0 N–H and O–H groups in total. The Kier molecular flexibility index (Phi) is 7.65. The van der Waals surface area contributed by atoms with Crippen molar-refractivity contribution in [2.75, 3.05) is 39.5 Å². The van der Waals surface area contributed by atoms with Gasteiger partial charge in [-0.1, -0.05) is 24.3 Å². The van der Waals surface area contributed by atoms with Gasteiger partial charge in [0.15, 0.2) is 0 Å². The molecule has 3 aliphatic rings. The number of aryl methyl sites for hydroxylation is 1. The Bertz CT molecular complexity index is 1230. The SMILES string of the molecule is Cc1c(CCC2Cc3ccccc32)ncnc1C(=O)N1CCC(N2CCC(N(C)S(C)(=O)=O)CC2)CC1. The number of aromatic nitrogens is 2. The van der Waals surface area contributed by atoms with E-state index in [2.05, 4.69) is 39.1 Å². The fourth-order valence-corrected chi connectivity index (χ4v) is 7.11. The Morgan fingerprint density at radius 3 is 2.43 bits per heavy atom. The number of hydrogen-bond acceptors (Lipinski definition) is 6. The molecule has 0 spiro atoms. The summed E-state index contributed by atoms with van der Waals surface area (Å²) in [6.07, 6.45) is 9.47. The van der Waals surface area contributed by atoms with Crippen molar-refractivity contribution in [2.24, 2.45) is 0 Å². The monoisotopic (exact) mass is 525 g/mol. The molecule has 0 radical (unpaired) electrons. The van der Waals surface area contributed by atoms with Crippen LogP contribution in [0, 0.1) is 6.92 Å². The highest BCUT2D eigenvalue weighted by atomic mass is 32.2. The zero-order valence-electron chi connectivity index (χ0n) is 22.3. The molecule has 2 aromatic rings. The first-order valence-corrected chi connectivity index (χ1v) is 15.4. The van der Waals surface area contributed by atoms with Crippen molar-refractivity contribution in [3.8, 4) is 0 Å². The number of fused-ring (bicyclic) bond motifs is 1. The van der Waals surface area contributed by atoms with Crippen molar-refractivity contribution in [1.82, 2.24) is 24.1 Å². The maximum atomic E-state index is 13.4. The number of hydrogen-bond donors (Lipinski definition) is 0. The molecule has 3 heterocycles. The molecule has 1 unspecified atom stereocenters. The van der Waals surface area contributed by atoms with Gasteiger partial charge in [-0.3, -0.25) is 4.79 Å². The van der Waals surface area contributed by atoms with Crippen LogP contribution in [0.5, 0.6) is 0 Å². The summed E-state index contributed by atoms with van der Waals surface area (Å²) < 4.78 is 25.3. The summed E-state index contributed by atoms with van der Waals surface area (Å²) in [5, 5.41) is 0. The quantitative estimate of drug-likeness (QED) is 0.552. The van der Waals surface area contributed by atoms with Gasteiger partial charge in [-0.2, -0.15) is 0 Å². The van der Waals surface area contributed by atoms with E-state index in [1.54, 1.807) is 13.4 Å². The van der Waals surface area contributed by atoms with Gasteiger partial charge >= 0.3 is 0 Å². The molecule has 5 rings (SSSR count). The lowest BCUT2D eigenvalue weighted by atomic mass is 9.75. The first kappa shape index (κ1) is 26.3. The molecule has 37 heavy (non-hydrogen) atoms. The molecule has 1 aliphatic carbocycles. The lowest BCUT2D eigenvalue weighted by Gasteiger charge is -2.43. The minimum Gasteiger partial charge on any atom is -0.337 e. The summed E-state index contributed by atoms with van der Waals surface area (Å²) in [5.41, 5.74) is 5.36. The molecule has 9 heteroatoms. The third-order valence-electron chi connectivity index (χ3n) is 8.89. The minimum absolute atomic E-state index is 0.0158. The van der Waals surface area contributed by atoms with Gasteiger partial charge in [0, 0.05) is 43.5 Å². The second-order valence-electron chi connectivity index (χ2n) is 11.0. The van der Waals surface area contributed by atoms with Crippen LogP contribution in [-0.4, -0.2) is 90.0 Å². The number of carbonyl (C=O) groups excluding carboxylic acids is 1. The van der Waals surface area contributed by atoms with Crippen LogP contribution in [0.15, 0.2) is 30.6 Å². The van der Waals surface area contributed by atoms with Gasteiger partial charge in [0.2, 0.25) is 10.0 Å². The summed E-state index contributed by atoms with van der Waals surface area (Å²) in [4.78, 5) is 26.8. The standard InChI is InChI=1S/C28H39N5O3S/c1-20-26(9-8-22-18-21-6-4-5-7-25(21)22)29-19-30-27(20)28(34)33-16-12-24(13-17-33)32-14-10-23(11-15-32)31(2)37(3,35)36/h4-7,19,22-24H,8-18H2,1-3H3. The average molecular weight is 526 g/mol. The van der Waals surface area contributed by atoms with Crippen molar-refractivity contribution in [3.05, 3.63) is 58.7 Å². The number of amides is 1. The van der Waals surface area contributed by atoms with E-state index in [0.717, 1.165) is 82.4 Å². The van der Waals surface area contributed by atoms with Gasteiger partial charge in [-0.15, -0.1) is 0 Å². The average Bonchev–Trinajstić information content (AvgIpc) is 2.89. The molecule has 0 bridgehead atoms. The maximum Gasteiger partial charge on any atom is 0.272 e. The normalized spacial score (nSPS) is 21.6. The fraction of sp³-hybridized carbons (Fsp3) is 0.607. The molecule has 1 amide bonds. The van der Waals surface area contributed by atoms with E-state index in [0.29, 0.717) is 17.7 Å². The minimum atomic E-state index is -3.15. The first-order chi connectivity index (χ1) is 17.7. The third-order valence-corrected chi connectivity index (χ3v) is 10.2. The Morgan fingerprint density at radius 1 is 1.05 bits per heavy atom. The Hall–Kier alpha value is -2.36. The Balaban J connectivity index is 1.13. The zero-order valence-corrected chi connectivity index (χ0v) is 23.1. The molecule has 1 atom stereocenters. The van der Waals surface area contributed by atoms with E-state index >= 15 is 0 Å². The summed E-state index contributed by atoms with van der Waals surface area (Å²) >= 11 is 0. The smallest absolute Gasteiger partial charge is 0.272 e. The molecular formula is C28H39N5O3S. The van der Waals surface area contributed by atoms with Crippen molar-refractivity contribution in [2.45, 2.75) is 69.9 Å². The van der Waals surface area contributed by atoms with E-state index in [9.17, 15) is 13.2 Å². The maximum absolute atomic E-state index is 13.4. The highest BCUT2D eigenvalue weighted by Crippen LogP contribution is 2.38. The summed E-state index contributed by atoms with van der Waals surface area (Å²) in [7, 11) is -1.47. The van der Waals surface area contributed by atoms with Crippen molar-refractivity contribution < 1.29 is 13.2 Å². The molecule has 2 saturated heterocycles. The zero-order chi connectivity index (χ0) is 26.2. The number of carbonyl (C=O) groups is 1. The van der Waals surface area contributed by atoms with Crippen LogP contribution in [0.1, 0.15) is 70.9 Å². The number of rotatable bonds is 7. The molecule has 1 aromatic heterocycles.